The second-order valence-corrected chi connectivity index (χ2v) is 6.28. The number of hydrazine groups is 1. The Balaban J connectivity index is 1.60. The summed E-state index contributed by atoms with van der Waals surface area (Å²) in [6.45, 7) is 3.14. The number of hydrogen-bond acceptors (Lipinski definition) is 3. The first kappa shape index (κ1) is 11.0. The highest BCUT2D eigenvalue weighted by molar-refractivity contribution is 5.19. The van der Waals surface area contributed by atoms with Gasteiger partial charge in [-0.1, -0.05) is 0 Å². The van der Waals surface area contributed by atoms with Crippen LogP contribution in [0.4, 0.5) is 0 Å². The molecule has 0 aromatic carbocycles. The van der Waals surface area contributed by atoms with Crippen LogP contribution in [0, 0.1) is 29.6 Å². The van der Waals surface area contributed by atoms with Gasteiger partial charge in [-0.05, 0) is 55.8 Å². The lowest BCUT2D eigenvalue weighted by atomic mass is 9.97. The molecule has 4 heteroatoms. The third-order valence-corrected chi connectivity index (χ3v) is 5.73. The van der Waals surface area contributed by atoms with Gasteiger partial charge in [0.1, 0.15) is 5.82 Å². The van der Waals surface area contributed by atoms with Crippen LogP contribution in [0.25, 0.3) is 0 Å². The quantitative estimate of drug-likeness (QED) is 0.628. The zero-order valence-corrected chi connectivity index (χ0v) is 10.9. The van der Waals surface area contributed by atoms with Crippen LogP contribution in [0.2, 0.25) is 0 Å². The lowest BCUT2D eigenvalue weighted by Gasteiger charge is -2.20. The van der Waals surface area contributed by atoms with Gasteiger partial charge in [0.15, 0.2) is 0 Å². The second kappa shape index (κ2) is 3.81. The van der Waals surface area contributed by atoms with E-state index < -0.39 is 0 Å². The predicted molar refractivity (Wildman–Crippen MR) is 69.3 cm³/mol. The summed E-state index contributed by atoms with van der Waals surface area (Å²) in [5.41, 5.74) is 3.06. The molecule has 1 heterocycles. The van der Waals surface area contributed by atoms with Crippen molar-refractivity contribution in [2.45, 2.75) is 38.8 Å². The van der Waals surface area contributed by atoms with Crippen LogP contribution in [0.1, 0.15) is 38.1 Å². The molecule has 5 atom stereocenters. The molecule has 0 saturated heterocycles. The summed E-state index contributed by atoms with van der Waals surface area (Å²) >= 11 is 0. The van der Waals surface area contributed by atoms with Crippen molar-refractivity contribution >= 4 is 0 Å². The Morgan fingerprint density at radius 2 is 2.17 bits per heavy atom. The molecule has 0 radical (unpaired) electrons. The third kappa shape index (κ3) is 1.30. The molecule has 0 aliphatic heterocycles. The van der Waals surface area contributed by atoms with Crippen LogP contribution in [0.3, 0.4) is 0 Å². The molecule has 4 nitrogen and oxygen atoms in total. The van der Waals surface area contributed by atoms with Crippen molar-refractivity contribution in [2.75, 3.05) is 0 Å². The van der Waals surface area contributed by atoms with Crippen molar-refractivity contribution in [3.05, 3.63) is 18.2 Å². The van der Waals surface area contributed by atoms with Crippen molar-refractivity contribution in [3.63, 3.8) is 0 Å². The van der Waals surface area contributed by atoms with Gasteiger partial charge in [0.05, 0.1) is 6.04 Å². The molecule has 2 bridgehead atoms. The second-order valence-electron chi connectivity index (χ2n) is 6.28. The summed E-state index contributed by atoms with van der Waals surface area (Å²) in [6, 6.07) is 0.262. The van der Waals surface area contributed by atoms with Crippen molar-refractivity contribution < 1.29 is 0 Å². The smallest absolute Gasteiger partial charge is 0.127 e. The molecule has 3 fully saturated rings. The Hall–Kier alpha value is -0.870. The first-order valence-corrected chi connectivity index (χ1v) is 7.32. The summed E-state index contributed by atoms with van der Waals surface area (Å²) in [4.78, 5) is 4.54. The highest BCUT2D eigenvalue weighted by Gasteiger charge is 2.67. The highest BCUT2D eigenvalue weighted by atomic mass is 15.3. The largest absolute Gasteiger partial charge is 0.334 e. The van der Waals surface area contributed by atoms with E-state index in [2.05, 4.69) is 28.1 Å². The highest BCUT2D eigenvalue weighted by Crippen LogP contribution is 2.71. The lowest BCUT2D eigenvalue weighted by Crippen LogP contribution is -2.33. The molecular weight excluding hydrogens is 224 g/mol. The fourth-order valence-corrected chi connectivity index (χ4v) is 5.06. The monoisotopic (exact) mass is 246 g/mol. The van der Waals surface area contributed by atoms with Crippen molar-refractivity contribution in [1.82, 2.24) is 15.0 Å². The Labute approximate surface area is 108 Å². The molecule has 3 saturated carbocycles. The molecular formula is C14H22N4. The maximum Gasteiger partial charge on any atom is 0.127 e. The van der Waals surface area contributed by atoms with Crippen LogP contribution in [-0.2, 0) is 6.54 Å². The van der Waals surface area contributed by atoms with E-state index >= 15 is 0 Å². The molecule has 0 amide bonds. The van der Waals surface area contributed by atoms with E-state index in [0.717, 1.165) is 42.0 Å². The number of aromatic nitrogens is 2. The summed E-state index contributed by atoms with van der Waals surface area (Å²) in [7, 11) is 0. The topological polar surface area (TPSA) is 55.9 Å². The minimum atomic E-state index is 0.262. The standard InChI is InChI=1S/C14H22N4/c1-2-18-6-5-16-14(18)13(17-15)12-10-8-3-4-9(7-8)11(10)12/h5-6,8-13,17H,2-4,7,15H2,1H3. The fourth-order valence-electron chi connectivity index (χ4n) is 5.06. The van der Waals surface area contributed by atoms with Crippen LogP contribution in [0.5, 0.6) is 0 Å². The van der Waals surface area contributed by atoms with Gasteiger partial charge in [0, 0.05) is 18.9 Å². The maximum atomic E-state index is 5.84. The van der Waals surface area contributed by atoms with Gasteiger partial charge >= 0.3 is 0 Å². The number of rotatable bonds is 4. The number of imidazole rings is 1. The number of nitrogens with one attached hydrogen (secondary N) is 1. The van der Waals surface area contributed by atoms with Crippen LogP contribution in [-0.4, -0.2) is 9.55 Å². The van der Waals surface area contributed by atoms with E-state index in [0.29, 0.717) is 0 Å². The average Bonchev–Trinajstić information content (AvgIpc) is 2.80. The Kier molecular flexibility index (Phi) is 2.33. The van der Waals surface area contributed by atoms with Gasteiger partial charge < -0.3 is 4.57 Å². The Bertz CT molecular complexity index is 438. The van der Waals surface area contributed by atoms with Crippen LogP contribution >= 0.6 is 0 Å². The van der Waals surface area contributed by atoms with Crippen molar-refractivity contribution in [2.24, 2.45) is 35.4 Å². The predicted octanol–water partition coefficient (Wildman–Crippen LogP) is 1.70. The van der Waals surface area contributed by atoms with Crippen LogP contribution in [0.15, 0.2) is 12.4 Å². The van der Waals surface area contributed by atoms with E-state index in [1.54, 1.807) is 0 Å². The van der Waals surface area contributed by atoms with Gasteiger partial charge in [-0.25, -0.2) is 10.4 Å². The molecule has 5 unspecified atom stereocenters. The number of fused-ring (bicyclic) bond motifs is 5. The maximum absolute atomic E-state index is 5.84. The van der Waals surface area contributed by atoms with Gasteiger partial charge in [-0.2, -0.15) is 0 Å². The van der Waals surface area contributed by atoms with Crippen LogP contribution < -0.4 is 11.3 Å². The molecule has 3 aliphatic carbocycles. The first-order chi connectivity index (χ1) is 8.85. The van der Waals surface area contributed by atoms with E-state index in [1.165, 1.54) is 19.3 Å². The van der Waals surface area contributed by atoms with E-state index in [4.69, 9.17) is 5.84 Å². The minimum absolute atomic E-state index is 0.262. The number of nitrogens with two attached hydrogens (primary N) is 1. The van der Waals surface area contributed by atoms with Gasteiger partial charge in [0.25, 0.3) is 0 Å². The SMILES string of the molecule is CCn1ccnc1C(NN)C1C2C3CCC(C3)C21. The number of nitrogens with zero attached hydrogens (tertiary/aromatic N) is 2. The van der Waals surface area contributed by atoms with Crippen molar-refractivity contribution in [1.29, 1.82) is 0 Å². The van der Waals surface area contributed by atoms with Gasteiger partial charge in [-0.15, -0.1) is 0 Å². The summed E-state index contributed by atoms with van der Waals surface area (Å²) < 4.78 is 2.22. The summed E-state index contributed by atoms with van der Waals surface area (Å²) in [5.74, 6) is 11.6. The summed E-state index contributed by atoms with van der Waals surface area (Å²) in [6.07, 6.45) is 8.37. The lowest BCUT2D eigenvalue weighted by molar-refractivity contribution is 0.355. The normalized spacial score (nSPS) is 42.0. The Morgan fingerprint density at radius 3 is 2.78 bits per heavy atom. The Morgan fingerprint density at radius 1 is 1.44 bits per heavy atom. The molecule has 18 heavy (non-hydrogen) atoms. The molecule has 0 spiro atoms. The zero-order valence-electron chi connectivity index (χ0n) is 10.9. The zero-order chi connectivity index (χ0) is 12.3. The summed E-state index contributed by atoms with van der Waals surface area (Å²) in [5, 5.41) is 0. The number of hydrogen-bond donors (Lipinski definition) is 2. The molecule has 1 aromatic rings. The molecule has 3 N–H and O–H groups in total. The average molecular weight is 246 g/mol. The van der Waals surface area contributed by atoms with Crippen molar-refractivity contribution in [3.8, 4) is 0 Å². The molecule has 1 aromatic heterocycles. The minimum Gasteiger partial charge on any atom is -0.334 e. The number of aryl methyl sites for hydroxylation is 1. The van der Waals surface area contributed by atoms with Gasteiger partial charge in [-0.3, -0.25) is 5.84 Å². The molecule has 4 rings (SSSR count). The van der Waals surface area contributed by atoms with E-state index in [1.807, 2.05) is 6.20 Å². The third-order valence-electron chi connectivity index (χ3n) is 5.73. The van der Waals surface area contributed by atoms with Gasteiger partial charge in [0.2, 0.25) is 0 Å². The van der Waals surface area contributed by atoms with E-state index in [9.17, 15) is 0 Å². The van der Waals surface area contributed by atoms with E-state index in [-0.39, 0.29) is 6.04 Å². The molecule has 3 aliphatic rings. The molecule has 98 valence electrons. The fraction of sp³-hybridized carbons (Fsp3) is 0.786. The first-order valence-electron chi connectivity index (χ1n) is 7.32.